The van der Waals surface area contributed by atoms with Gasteiger partial charge in [0.2, 0.25) is 0 Å². The zero-order valence-corrected chi connectivity index (χ0v) is 17.7. The maximum Gasteiger partial charge on any atom is 0.266 e. The number of hydrogen-bond acceptors (Lipinski definition) is 6. The second kappa shape index (κ2) is 8.20. The molecule has 0 bridgehead atoms. The van der Waals surface area contributed by atoms with Gasteiger partial charge in [-0.25, -0.2) is 13.2 Å². The Labute approximate surface area is 183 Å². The molecule has 1 N–H and O–H groups in total. The predicted molar refractivity (Wildman–Crippen MR) is 115 cm³/mol. The first-order chi connectivity index (χ1) is 15.5. The van der Waals surface area contributed by atoms with Crippen molar-refractivity contribution in [1.29, 1.82) is 0 Å². The lowest BCUT2D eigenvalue weighted by Gasteiger charge is -2.47. The summed E-state index contributed by atoms with van der Waals surface area (Å²) in [6.07, 6.45) is 1.16. The van der Waals surface area contributed by atoms with Crippen LogP contribution >= 0.6 is 0 Å². The van der Waals surface area contributed by atoms with Crippen LogP contribution in [0.5, 0.6) is 0 Å². The maximum atomic E-state index is 14.4. The molecule has 0 atom stereocenters. The normalized spacial score (nSPS) is 17.7. The number of benzene rings is 1. The van der Waals surface area contributed by atoms with Crippen LogP contribution in [0.3, 0.4) is 0 Å². The first-order valence-electron chi connectivity index (χ1n) is 10.7. The van der Waals surface area contributed by atoms with Crippen LogP contribution in [0.1, 0.15) is 36.1 Å². The summed E-state index contributed by atoms with van der Waals surface area (Å²) >= 11 is 0. The van der Waals surface area contributed by atoms with Gasteiger partial charge in [0.05, 0.1) is 41.9 Å². The summed E-state index contributed by atoms with van der Waals surface area (Å²) in [6.45, 7) is 5.41. The third kappa shape index (κ3) is 3.74. The number of halogens is 3. The van der Waals surface area contributed by atoms with E-state index in [-0.39, 0.29) is 12.1 Å². The third-order valence-electron chi connectivity index (χ3n) is 6.57. The van der Waals surface area contributed by atoms with E-state index in [2.05, 4.69) is 25.4 Å². The maximum absolute atomic E-state index is 14.4. The SMILES string of the molecule is Cc1nnc(NCc2cccc(C(F)F)c2F)c2cc(N3CCC4(CC3)COC4)cnc12. The highest BCUT2D eigenvalue weighted by molar-refractivity contribution is 5.92. The Balaban J connectivity index is 1.40. The van der Waals surface area contributed by atoms with Crippen molar-refractivity contribution in [3.63, 3.8) is 0 Å². The van der Waals surface area contributed by atoms with Crippen LogP contribution in [0.4, 0.5) is 24.7 Å². The van der Waals surface area contributed by atoms with Crippen molar-refractivity contribution in [2.24, 2.45) is 5.41 Å². The first-order valence-corrected chi connectivity index (χ1v) is 10.7. The molecule has 2 saturated heterocycles. The van der Waals surface area contributed by atoms with E-state index in [0.717, 1.165) is 56.3 Å². The van der Waals surface area contributed by atoms with E-state index in [1.807, 2.05) is 19.2 Å². The minimum absolute atomic E-state index is 0.00962. The Morgan fingerprint density at radius 1 is 1.19 bits per heavy atom. The number of aromatic nitrogens is 3. The molecule has 9 heteroatoms. The molecule has 0 radical (unpaired) electrons. The molecular formula is C23H24F3N5O. The highest BCUT2D eigenvalue weighted by Crippen LogP contribution is 2.40. The molecule has 168 valence electrons. The molecule has 4 heterocycles. The molecule has 0 unspecified atom stereocenters. The average molecular weight is 443 g/mol. The minimum Gasteiger partial charge on any atom is -0.380 e. The monoisotopic (exact) mass is 443 g/mol. The van der Waals surface area contributed by atoms with Crippen LogP contribution in [0.2, 0.25) is 0 Å². The van der Waals surface area contributed by atoms with Gasteiger partial charge in [0.15, 0.2) is 5.82 Å². The lowest BCUT2D eigenvalue weighted by atomic mass is 9.77. The fourth-order valence-electron chi connectivity index (χ4n) is 4.45. The standard InChI is InChI=1S/C23H24F3N5O/c1-14-20-18(9-16(11-27-20)31-7-5-23(6-8-31)12-32-13-23)22(30-29-14)28-10-15-3-2-4-17(19(15)24)21(25)26/h2-4,9,11,21H,5-8,10,12-13H2,1H3,(H,28,30). The Hall–Kier alpha value is -2.94. The molecule has 5 rings (SSSR count). The van der Waals surface area contributed by atoms with Crippen molar-refractivity contribution in [2.75, 3.05) is 36.5 Å². The zero-order chi connectivity index (χ0) is 22.3. The lowest BCUT2D eigenvalue weighted by Crippen LogP contribution is -2.50. The highest BCUT2D eigenvalue weighted by atomic mass is 19.3. The Bertz CT molecular complexity index is 1140. The number of hydrogen-bond donors (Lipinski definition) is 1. The highest BCUT2D eigenvalue weighted by Gasteiger charge is 2.41. The summed E-state index contributed by atoms with van der Waals surface area (Å²) in [5.74, 6) is -0.455. The summed E-state index contributed by atoms with van der Waals surface area (Å²) in [7, 11) is 0. The van der Waals surface area contributed by atoms with Crippen molar-refractivity contribution in [1.82, 2.24) is 15.2 Å². The van der Waals surface area contributed by atoms with Crippen LogP contribution < -0.4 is 10.2 Å². The number of alkyl halides is 2. The largest absolute Gasteiger partial charge is 0.380 e. The number of pyridine rings is 1. The smallest absolute Gasteiger partial charge is 0.266 e. The molecule has 2 aliphatic rings. The molecule has 32 heavy (non-hydrogen) atoms. The van der Waals surface area contributed by atoms with Gasteiger partial charge in [0, 0.05) is 36.0 Å². The van der Waals surface area contributed by atoms with Gasteiger partial charge in [-0.3, -0.25) is 4.98 Å². The van der Waals surface area contributed by atoms with Crippen LogP contribution in [-0.2, 0) is 11.3 Å². The summed E-state index contributed by atoms with van der Waals surface area (Å²) in [4.78, 5) is 6.92. The van der Waals surface area contributed by atoms with Crippen molar-refractivity contribution in [3.05, 3.63) is 53.1 Å². The van der Waals surface area contributed by atoms with Crippen LogP contribution in [0, 0.1) is 18.2 Å². The van der Waals surface area contributed by atoms with Crippen molar-refractivity contribution < 1.29 is 17.9 Å². The molecule has 3 aromatic rings. The summed E-state index contributed by atoms with van der Waals surface area (Å²) in [5.41, 5.74) is 2.27. The summed E-state index contributed by atoms with van der Waals surface area (Å²) < 4.78 is 45.9. The van der Waals surface area contributed by atoms with Gasteiger partial charge in [-0.1, -0.05) is 18.2 Å². The predicted octanol–water partition coefficient (Wildman–Crippen LogP) is 4.64. The number of ether oxygens (including phenoxy) is 1. The van der Waals surface area contributed by atoms with Gasteiger partial charge in [-0.15, -0.1) is 5.10 Å². The van der Waals surface area contributed by atoms with E-state index < -0.39 is 17.8 Å². The molecule has 1 aromatic carbocycles. The topological polar surface area (TPSA) is 63.2 Å². The number of aryl methyl sites for hydroxylation is 1. The molecule has 2 aromatic heterocycles. The fourth-order valence-corrected chi connectivity index (χ4v) is 4.45. The molecule has 1 spiro atoms. The van der Waals surface area contributed by atoms with Crippen molar-refractivity contribution >= 4 is 22.4 Å². The molecule has 0 amide bonds. The van der Waals surface area contributed by atoms with Gasteiger partial charge >= 0.3 is 0 Å². The lowest BCUT2D eigenvalue weighted by molar-refractivity contribution is -0.124. The average Bonchev–Trinajstić information content (AvgIpc) is 2.78. The fraction of sp³-hybridized carbons (Fsp3) is 0.435. The minimum atomic E-state index is -2.86. The number of piperidine rings is 1. The van der Waals surface area contributed by atoms with Crippen LogP contribution in [0.15, 0.2) is 30.5 Å². The van der Waals surface area contributed by atoms with Gasteiger partial charge in [-0.05, 0) is 25.8 Å². The third-order valence-corrected chi connectivity index (χ3v) is 6.57. The second-order valence-electron chi connectivity index (χ2n) is 8.68. The number of rotatable bonds is 5. The van der Waals surface area contributed by atoms with Crippen LogP contribution in [0.25, 0.3) is 10.9 Å². The molecular weight excluding hydrogens is 419 g/mol. The van der Waals surface area contributed by atoms with E-state index in [1.54, 1.807) is 0 Å². The number of anilines is 2. The first kappa shape index (κ1) is 20.9. The number of fused-ring (bicyclic) bond motifs is 1. The Kier molecular flexibility index (Phi) is 5.36. The molecule has 2 fully saturated rings. The zero-order valence-electron chi connectivity index (χ0n) is 17.7. The summed E-state index contributed by atoms with van der Waals surface area (Å²) in [6, 6.07) is 6.03. The molecule has 0 aliphatic carbocycles. The quantitative estimate of drug-likeness (QED) is 0.620. The van der Waals surface area contributed by atoms with Gasteiger partial charge < -0.3 is 15.0 Å². The van der Waals surface area contributed by atoms with Gasteiger partial charge in [0.25, 0.3) is 6.43 Å². The van der Waals surface area contributed by atoms with Crippen molar-refractivity contribution in [3.8, 4) is 0 Å². The van der Waals surface area contributed by atoms with E-state index in [1.165, 1.54) is 12.1 Å². The van der Waals surface area contributed by atoms with Gasteiger partial charge in [-0.2, -0.15) is 5.10 Å². The van der Waals surface area contributed by atoms with Crippen molar-refractivity contribution in [2.45, 2.75) is 32.7 Å². The molecule has 6 nitrogen and oxygen atoms in total. The molecule has 2 aliphatic heterocycles. The number of nitrogens with zero attached hydrogens (tertiary/aromatic N) is 4. The number of nitrogens with one attached hydrogen (secondary N) is 1. The van der Waals surface area contributed by atoms with Gasteiger partial charge in [0.1, 0.15) is 5.82 Å². The van der Waals surface area contributed by atoms with E-state index in [9.17, 15) is 13.2 Å². The van der Waals surface area contributed by atoms with E-state index >= 15 is 0 Å². The Morgan fingerprint density at radius 2 is 1.97 bits per heavy atom. The summed E-state index contributed by atoms with van der Waals surface area (Å²) in [5, 5.41) is 12.2. The Morgan fingerprint density at radius 3 is 2.66 bits per heavy atom. The van der Waals surface area contributed by atoms with E-state index in [4.69, 9.17) is 4.74 Å². The molecule has 0 saturated carbocycles. The van der Waals surface area contributed by atoms with E-state index in [0.29, 0.717) is 22.4 Å². The van der Waals surface area contributed by atoms with Crippen LogP contribution in [-0.4, -0.2) is 41.5 Å². The second-order valence-corrected chi connectivity index (χ2v) is 8.68.